The van der Waals surface area contributed by atoms with E-state index in [-0.39, 0.29) is 30.4 Å². The molecule has 1 amide bonds. The van der Waals surface area contributed by atoms with Crippen LogP contribution in [0, 0.1) is 5.92 Å². The minimum absolute atomic E-state index is 0.0700. The highest BCUT2D eigenvalue weighted by molar-refractivity contribution is 5.82. The van der Waals surface area contributed by atoms with Crippen LogP contribution < -0.4 is 0 Å². The van der Waals surface area contributed by atoms with Gasteiger partial charge in [0.15, 0.2) is 0 Å². The van der Waals surface area contributed by atoms with Crippen molar-refractivity contribution >= 4 is 11.9 Å². The molecule has 0 aromatic carbocycles. The van der Waals surface area contributed by atoms with E-state index in [1.165, 1.54) is 6.42 Å². The summed E-state index contributed by atoms with van der Waals surface area (Å²) >= 11 is 0. The van der Waals surface area contributed by atoms with Crippen molar-refractivity contribution in [1.29, 1.82) is 0 Å². The maximum atomic E-state index is 12.8. The van der Waals surface area contributed by atoms with Crippen LogP contribution in [0.3, 0.4) is 0 Å². The van der Waals surface area contributed by atoms with Gasteiger partial charge in [0.25, 0.3) is 5.91 Å². The summed E-state index contributed by atoms with van der Waals surface area (Å²) in [6, 6.07) is 0.236. The maximum absolute atomic E-state index is 12.8. The fourth-order valence-corrected chi connectivity index (χ4v) is 3.60. The first kappa shape index (κ1) is 17.3. The Hall–Kier alpha value is -1.10. The van der Waals surface area contributed by atoms with E-state index in [0.29, 0.717) is 25.7 Å². The molecule has 1 saturated carbocycles. The van der Waals surface area contributed by atoms with E-state index >= 15 is 0 Å². The minimum Gasteiger partial charge on any atom is -0.466 e. The Balaban J connectivity index is 2.01. The van der Waals surface area contributed by atoms with Gasteiger partial charge in [-0.15, -0.1) is 0 Å². The fourth-order valence-electron chi connectivity index (χ4n) is 3.60. The second-order valence-corrected chi connectivity index (χ2v) is 6.42. The predicted molar refractivity (Wildman–Crippen MR) is 83.4 cm³/mol. The summed E-state index contributed by atoms with van der Waals surface area (Å²) in [5.41, 5.74) is 0. The molecule has 1 saturated heterocycles. The number of ether oxygens (including phenoxy) is 2. The van der Waals surface area contributed by atoms with Crippen molar-refractivity contribution < 1.29 is 19.1 Å². The number of carbonyl (C=O) groups is 2. The summed E-state index contributed by atoms with van der Waals surface area (Å²) in [6.07, 6.45) is 6.29. The highest BCUT2D eigenvalue weighted by Gasteiger charge is 2.35. The molecule has 2 aliphatic rings. The highest BCUT2D eigenvalue weighted by atomic mass is 16.5. The van der Waals surface area contributed by atoms with Crippen LogP contribution in [0.1, 0.15) is 58.8 Å². The lowest BCUT2D eigenvalue weighted by Gasteiger charge is -2.39. The molecule has 126 valence electrons. The van der Waals surface area contributed by atoms with Crippen LogP contribution in [0.5, 0.6) is 0 Å². The molecule has 5 heteroatoms. The van der Waals surface area contributed by atoms with Gasteiger partial charge in [-0.25, -0.2) is 0 Å². The monoisotopic (exact) mass is 311 g/mol. The van der Waals surface area contributed by atoms with Crippen molar-refractivity contribution in [2.24, 2.45) is 5.92 Å². The molecular weight excluding hydrogens is 282 g/mol. The Morgan fingerprint density at radius 2 is 1.95 bits per heavy atom. The van der Waals surface area contributed by atoms with Gasteiger partial charge < -0.3 is 14.4 Å². The van der Waals surface area contributed by atoms with Crippen molar-refractivity contribution in [1.82, 2.24) is 4.90 Å². The van der Waals surface area contributed by atoms with E-state index in [1.54, 1.807) is 6.92 Å². The van der Waals surface area contributed by atoms with Gasteiger partial charge in [0.2, 0.25) is 0 Å². The molecule has 1 heterocycles. The summed E-state index contributed by atoms with van der Waals surface area (Å²) in [6.45, 7) is 5.52. The first-order valence-corrected chi connectivity index (χ1v) is 8.71. The molecule has 3 unspecified atom stereocenters. The minimum atomic E-state index is -0.309. The zero-order valence-corrected chi connectivity index (χ0v) is 13.9. The number of carbonyl (C=O) groups excluding carboxylic acids is 2. The number of rotatable bonds is 6. The summed E-state index contributed by atoms with van der Waals surface area (Å²) in [4.78, 5) is 26.4. The van der Waals surface area contributed by atoms with E-state index in [4.69, 9.17) is 9.47 Å². The molecule has 0 N–H and O–H groups in total. The van der Waals surface area contributed by atoms with Crippen LogP contribution in [0.2, 0.25) is 0 Å². The molecule has 0 bridgehead atoms. The molecule has 2 rings (SSSR count). The highest BCUT2D eigenvalue weighted by Crippen LogP contribution is 2.30. The van der Waals surface area contributed by atoms with Crippen molar-refractivity contribution in [3.05, 3.63) is 0 Å². The molecule has 5 nitrogen and oxygen atoms in total. The van der Waals surface area contributed by atoms with Crippen molar-refractivity contribution in [2.45, 2.75) is 70.9 Å². The van der Waals surface area contributed by atoms with Gasteiger partial charge in [-0.2, -0.15) is 0 Å². The third-order valence-corrected chi connectivity index (χ3v) is 4.82. The lowest BCUT2D eigenvalue weighted by atomic mass is 9.84. The van der Waals surface area contributed by atoms with Crippen LogP contribution in [-0.4, -0.2) is 48.7 Å². The second kappa shape index (κ2) is 8.51. The third kappa shape index (κ3) is 4.45. The number of esters is 1. The Kier molecular flexibility index (Phi) is 6.68. The first-order chi connectivity index (χ1) is 10.6. The SMILES string of the molecule is CCOC(=O)CCN(C(=O)C1CCCO1)C1CCCCC1C. The molecular formula is C17H29NO4. The van der Waals surface area contributed by atoms with E-state index < -0.39 is 0 Å². The zero-order valence-electron chi connectivity index (χ0n) is 13.9. The number of nitrogens with zero attached hydrogens (tertiary/aromatic N) is 1. The van der Waals surface area contributed by atoms with Gasteiger partial charge in [-0.1, -0.05) is 19.8 Å². The molecule has 22 heavy (non-hydrogen) atoms. The average Bonchev–Trinajstić information content (AvgIpc) is 3.03. The Bertz CT molecular complexity index is 379. The van der Waals surface area contributed by atoms with Crippen LogP contribution >= 0.6 is 0 Å². The van der Waals surface area contributed by atoms with E-state index in [2.05, 4.69) is 6.92 Å². The van der Waals surface area contributed by atoms with E-state index in [9.17, 15) is 9.59 Å². The van der Waals surface area contributed by atoms with Gasteiger partial charge in [-0.05, 0) is 38.5 Å². The number of amides is 1. The first-order valence-electron chi connectivity index (χ1n) is 8.71. The molecule has 1 aliphatic carbocycles. The Morgan fingerprint density at radius 1 is 1.18 bits per heavy atom. The van der Waals surface area contributed by atoms with Gasteiger partial charge in [0.05, 0.1) is 13.0 Å². The van der Waals surface area contributed by atoms with Crippen LogP contribution in [0.4, 0.5) is 0 Å². The Labute approximate surface area is 133 Å². The maximum Gasteiger partial charge on any atom is 0.307 e. The standard InChI is InChI=1S/C17H29NO4/c1-3-21-16(19)10-11-18(14-8-5-4-7-13(14)2)17(20)15-9-6-12-22-15/h13-15H,3-12H2,1-2H3. The van der Waals surface area contributed by atoms with Gasteiger partial charge in [0, 0.05) is 19.2 Å². The molecule has 3 atom stereocenters. The summed E-state index contributed by atoms with van der Waals surface area (Å²) in [5, 5.41) is 0. The fraction of sp³-hybridized carbons (Fsp3) is 0.882. The van der Waals surface area contributed by atoms with E-state index in [0.717, 1.165) is 32.1 Å². The normalized spacial score (nSPS) is 28.4. The number of hydrogen-bond donors (Lipinski definition) is 0. The van der Waals surface area contributed by atoms with Crippen molar-refractivity contribution in [3.63, 3.8) is 0 Å². The molecule has 1 aliphatic heterocycles. The van der Waals surface area contributed by atoms with Crippen LogP contribution in [-0.2, 0) is 19.1 Å². The summed E-state index contributed by atoms with van der Waals surface area (Å²) < 4.78 is 10.6. The quantitative estimate of drug-likeness (QED) is 0.707. The third-order valence-electron chi connectivity index (χ3n) is 4.82. The lowest BCUT2D eigenvalue weighted by molar-refractivity contribution is -0.148. The zero-order chi connectivity index (χ0) is 15.9. The summed E-state index contributed by atoms with van der Waals surface area (Å²) in [5.74, 6) is 0.331. The molecule has 0 spiro atoms. The molecule has 2 fully saturated rings. The topological polar surface area (TPSA) is 55.8 Å². The van der Waals surface area contributed by atoms with Crippen molar-refractivity contribution in [2.75, 3.05) is 19.8 Å². The molecule has 0 aromatic heterocycles. The van der Waals surface area contributed by atoms with Gasteiger partial charge in [-0.3, -0.25) is 9.59 Å². The largest absolute Gasteiger partial charge is 0.466 e. The summed E-state index contributed by atoms with van der Waals surface area (Å²) in [7, 11) is 0. The van der Waals surface area contributed by atoms with Gasteiger partial charge in [0.1, 0.15) is 6.10 Å². The number of hydrogen-bond acceptors (Lipinski definition) is 4. The van der Waals surface area contributed by atoms with Crippen LogP contribution in [0.25, 0.3) is 0 Å². The second-order valence-electron chi connectivity index (χ2n) is 6.42. The van der Waals surface area contributed by atoms with Crippen molar-refractivity contribution in [3.8, 4) is 0 Å². The Morgan fingerprint density at radius 3 is 2.59 bits per heavy atom. The lowest BCUT2D eigenvalue weighted by Crippen LogP contribution is -2.50. The smallest absolute Gasteiger partial charge is 0.307 e. The average molecular weight is 311 g/mol. The predicted octanol–water partition coefficient (Wildman–Crippen LogP) is 2.53. The van der Waals surface area contributed by atoms with E-state index in [1.807, 2.05) is 4.90 Å². The molecule has 0 radical (unpaired) electrons. The molecule has 0 aromatic rings. The van der Waals surface area contributed by atoms with Crippen LogP contribution in [0.15, 0.2) is 0 Å². The van der Waals surface area contributed by atoms with Gasteiger partial charge >= 0.3 is 5.97 Å².